The van der Waals surface area contributed by atoms with E-state index in [-0.39, 0.29) is 11.8 Å². The predicted molar refractivity (Wildman–Crippen MR) is 113 cm³/mol. The number of hydrogen-bond donors (Lipinski definition) is 2. The molecule has 0 saturated carbocycles. The quantitative estimate of drug-likeness (QED) is 0.603. The summed E-state index contributed by atoms with van der Waals surface area (Å²) in [5.74, 6) is 1.28. The number of carbonyl (C=O) groups is 2. The summed E-state index contributed by atoms with van der Waals surface area (Å²) in [5.41, 5.74) is 1.55. The van der Waals surface area contributed by atoms with Crippen molar-refractivity contribution in [3.63, 3.8) is 0 Å². The molecular formula is C22H20ClN3O3. The molecule has 0 aliphatic carbocycles. The number of benzene rings is 2. The highest BCUT2D eigenvalue weighted by atomic mass is 35.5. The van der Waals surface area contributed by atoms with Gasteiger partial charge in [-0.2, -0.15) is 0 Å². The number of halogens is 1. The third kappa shape index (κ3) is 6.33. The molecule has 2 aromatic carbocycles. The van der Waals surface area contributed by atoms with Crippen LogP contribution in [0.15, 0.2) is 66.9 Å². The summed E-state index contributed by atoms with van der Waals surface area (Å²) in [4.78, 5) is 27.4. The van der Waals surface area contributed by atoms with Gasteiger partial charge in [0.2, 0.25) is 5.91 Å². The summed E-state index contributed by atoms with van der Waals surface area (Å²) >= 11 is 5.92. The van der Waals surface area contributed by atoms with Gasteiger partial charge in [0.15, 0.2) is 0 Å². The minimum atomic E-state index is -0.198. The largest absolute Gasteiger partial charge is 0.457 e. The number of pyridine rings is 1. The first-order valence-corrected chi connectivity index (χ1v) is 9.41. The Kier molecular flexibility index (Phi) is 6.81. The molecule has 3 rings (SSSR count). The molecule has 7 heteroatoms. The molecule has 2 amide bonds. The third-order valence-electron chi connectivity index (χ3n) is 3.96. The van der Waals surface area contributed by atoms with Crippen molar-refractivity contribution in [2.45, 2.75) is 13.3 Å². The number of nitrogens with zero attached hydrogens (tertiary/aromatic N) is 1. The Morgan fingerprint density at radius 1 is 1.03 bits per heavy atom. The van der Waals surface area contributed by atoms with E-state index in [2.05, 4.69) is 15.6 Å². The highest BCUT2D eigenvalue weighted by Gasteiger charge is 2.06. The van der Waals surface area contributed by atoms with Crippen molar-refractivity contribution >= 4 is 29.2 Å². The van der Waals surface area contributed by atoms with Gasteiger partial charge < -0.3 is 15.4 Å². The van der Waals surface area contributed by atoms with Gasteiger partial charge in [0, 0.05) is 36.3 Å². The van der Waals surface area contributed by atoms with Gasteiger partial charge in [-0.25, -0.2) is 4.98 Å². The Bertz CT molecular complexity index is 1020. The van der Waals surface area contributed by atoms with Crippen LogP contribution in [-0.2, 0) is 11.2 Å². The van der Waals surface area contributed by atoms with Crippen molar-refractivity contribution in [3.8, 4) is 11.5 Å². The average Bonchev–Trinajstić information content (AvgIpc) is 2.68. The molecule has 0 spiro atoms. The smallest absolute Gasteiger partial charge is 0.251 e. The lowest BCUT2D eigenvalue weighted by molar-refractivity contribution is -0.114. The van der Waals surface area contributed by atoms with Crippen molar-refractivity contribution in [1.82, 2.24) is 10.3 Å². The molecule has 1 aromatic heterocycles. The van der Waals surface area contributed by atoms with Gasteiger partial charge in [0.05, 0.1) is 0 Å². The normalized spacial score (nSPS) is 10.3. The second-order valence-corrected chi connectivity index (χ2v) is 6.76. The molecule has 148 valence electrons. The van der Waals surface area contributed by atoms with Crippen LogP contribution in [0.2, 0.25) is 5.02 Å². The zero-order valence-electron chi connectivity index (χ0n) is 15.8. The number of amides is 2. The predicted octanol–water partition coefficient (Wildman–Crippen LogP) is 4.46. The van der Waals surface area contributed by atoms with E-state index in [0.29, 0.717) is 40.9 Å². The van der Waals surface area contributed by atoms with E-state index in [1.165, 1.54) is 6.92 Å². The number of ether oxygens (including phenoxy) is 1. The van der Waals surface area contributed by atoms with Gasteiger partial charge >= 0.3 is 0 Å². The molecule has 0 unspecified atom stereocenters. The van der Waals surface area contributed by atoms with E-state index in [4.69, 9.17) is 16.3 Å². The molecule has 0 aliphatic rings. The summed E-state index contributed by atoms with van der Waals surface area (Å²) in [6.07, 6.45) is 2.22. The van der Waals surface area contributed by atoms with E-state index < -0.39 is 0 Å². The van der Waals surface area contributed by atoms with Gasteiger partial charge in [-0.1, -0.05) is 29.8 Å². The highest BCUT2D eigenvalue weighted by Crippen LogP contribution is 2.24. The van der Waals surface area contributed by atoms with Crippen molar-refractivity contribution in [2.24, 2.45) is 0 Å². The second-order valence-electron chi connectivity index (χ2n) is 6.32. The topological polar surface area (TPSA) is 80.3 Å². The molecule has 6 nitrogen and oxygen atoms in total. The van der Waals surface area contributed by atoms with Gasteiger partial charge in [0.1, 0.15) is 17.3 Å². The fraction of sp³-hybridized carbons (Fsp3) is 0.136. The molecule has 0 fully saturated rings. The SMILES string of the molecule is CC(=O)Nc1cc(Oc2cccc(CCNC(=O)c3cccc(Cl)c3)c2)ccn1. The first-order chi connectivity index (χ1) is 14.0. The van der Waals surface area contributed by atoms with Crippen LogP contribution in [0.5, 0.6) is 11.5 Å². The maximum atomic E-state index is 12.2. The molecule has 0 bridgehead atoms. The summed E-state index contributed by atoms with van der Waals surface area (Å²) < 4.78 is 5.86. The monoisotopic (exact) mass is 409 g/mol. The van der Waals surface area contributed by atoms with E-state index in [0.717, 1.165) is 5.56 Å². The lowest BCUT2D eigenvalue weighted by Crippen LogP contribution is -2.25. The number of anilines is 1. The molecule has 0 radical (unpaired) electrons. The standard InChI is InChI=1S/C22H20ClN3O3/c1-15(27)26-21-14-20(9-11-24-21)29-19-7-2-4-16(12-19)8-10-25-22(28)17-5-3-6-18(23)13-17/h2-7,9,11-14H,8,10H2,1H3,(H,25,28)(H,24,26,27). The Balaban J connectivity index is 1.57. The number of nitrogens with one attached hydrogen (secondary N) is 2. The zero-order chi connectivity index (χ0) is 20.6. The van der Waals surface area contributed by atoms with Crippen LogP contribution < -0.4 is 15.4 Å². The number of hydrogen-bond acceptors (Lipinski definition) is 4. The Morgan fingerprint density at radius 3 is 2.62 bits per heavy atom. The fourth-order valence-electron chi connectivity index (χ4n) is 2.68. The molecule has 0 atom stereocenters. The maximum Gasteiger partial charge on any atom is 0.251 e. The number of rotatable bonds is 7. The summed E-state index contributed by atoms with van der Waals surface area (Å²) in [7, 11) is 0. The van der Waals surface area contributed by atoms with Crippen molar-refractivity contribution < 1.29 is 14.3 Å². The molecule has 3 aromatic rings. The maximum absolute atomic E-state index is 12.2. The summed E-state index contributed by atoms with van der Waals surface area (Å²) in [6, 6.07) is 17.8. The van der Waals surface area contributed by atoms with Crippen LogP contribution in [0.3, 0.4) is 0 Å². The van der Waals surface area contributed by atoms with Crippen molar-refractivity contribution in [3.05, 3.63) is 83.0 Å². The first kappa shape index (κ1) is 20.4. The van der Waals surface area contributed by atoms with Crippen LogP contribution in [0.4, 0.5) is 5.82 Å². The Hall–Kier alpha value is -3.38. The van der Waals surface area contributed by atoms with Gasteiger partial charge in [-0.05, 0) is 48.4 Å². The molecule has 2 N–H and O–H groups in total. The van der Waals surface area contributed by atoms with Gasteiger partial charge in [-0.3, -0.25) is 9.59 Å². The molecule has 29 heavy (non-hydrogen) atoms. The Morgan fingerprint density at radius 2 is 1.83 bits per heavy atom. The second kappa shape index (κ2) is 9.71. The van der Waals surface area contributed by atoms with Crippen LogP contribution in [0.1, 0.15) is 22.8 Å². The lowest BCUT2D eigenvalue weighted by Gasteiger charge is -2.10. The minimum Gasteiger partial charge on any atom is -0.457 e. The van der Waals surface area contributed by atoms with Crippen molar-refractivity contribution in [2.75, 3.05) is 11.9 Å². The first-order valence-electron chi connectivity index (χ1n) is 9.04. The molecule has 0 aliphatic heterocycles. The molecular weight excluding hydrogens is 390 g/mol. The van der Waals surface area contributed by atoms with Crippen molar-refractivity contribution in [1.29, 1.82) is 0 Å². The fourth-order valence-corrected chi connectivity index (χ4v) is 2.87. The number of aromatic nitrogens is 1. The van der Waals surface area contributed by atoms with E-state index >= 15 is 0 Å². The zero-order valence-corrected chi connectivity index (χ0v) is 16.6. The minimum absolute atomic E-state index is 0.165. The highest BCUT2D eigenvalue weighted by molar-refractivity contribution is 6.30. The van der Waals surface area contributed by atoms with Gasteiger partial charge in [-0.15, -0.1) is 0 Å². The van der Waals surface area contributed by atoms with E-state index in [1.807, 2.05) is 24.3 Å². The summed E-state index contributed by atoms with van der Waals surface area (Å²) in [6.45, 7) is 1.90. The summed E-state index contributed by atoms with van der Waals surface area (Å²) in [5, 5.41) is 6.03. The van der Waals surface area contributed by atoms with Crippen LogP contribution in [0, 0.1) is 0 Å². The molecule has 1 heterocycles. The van der Waals surface area contributed by atoms with Crippen LogP contribution in [0.25, 0.3) is 0 Å². The van der Waals surface area contributed by atoms with E-state index in [9.17, 15) is 9.59 Å². The van der Waals surface area contributed by atoms with E-state index in [1.54, 1.807) is 42.6 Å². The number of carbonyl (C=O) groups excluding carboxylic acids is 2. The lowest BCUT2D eigenvalue weighted by atomic mass is 10.1. The van der Waals surface area contributed by atoms with Crippen LogP contribution in [-0.4, -0.2) is 23.3 Å². The average molecular weight is 410 g/mol. The molecule has 0 saturated heterocycles. The third-order valence-corrected chi connectivity index (χ3v) is 4.19. The van der Waals surface area contributed by atoms with Gasteiger partial charge in [0.25, 0.3) is 5.91 Å². The van der Waals surface area contributed by atoms with Crippen LogP contribution >= 0.6 is 11.6 Å². The Labute approximate surface area is 173 Å².